The van der Waals surface area contributed by atoms with Crippen LogP contribution in [0.25, 0.3) is 0 Å². The summed E-state index contributed by atoms with van der Waals surface area (Å²) in [6.45, 7) is 3.40. The van der Waals surface area contributed by atoms with Gasteiger partial charge in [-0.05, 0) is 12.8 Å². The molecule has 1 amide bonds. The highest BCUT2D eigenvalue weighted by molar-refractivity contribution is 6.08. The van der Waals surface area contributed by atoms with Crippen molar-refractivity contribution in [2.45, 2.75) is 211 Å². The van der Waals surface area contributed by atoms with Crippen molar-refractivity contribution in [2.24, 2.45) is 23.1 Å². The summed E-state index contributed by atoms with van der Waals surface area (Å²) in [6, 6.07) is -1.72. The van der Waals surface area contributed by atoms with Crippen LogP contribution in [0.1, 0.15) is 181 Å². The molecule has 6 atom stereocenters. The van der Waals surface area contributed by atoms with Gasteiger partial charge in [0, 0.05) is 13.0 Å². The summed E-state index contributed by atoms with van der Waals surface area (Å²) >= 11 is 0. The van der Waals surface area contributed by atoms with Crippen LogP contribution in [0, 0.1) is 5.92 Å². The number of ketones is 2. The van der Waals surface area contributed by atoms with Gasteiger partial charge >= 0.3 is 0 Å². The van der Waals surface area contributed by atoms with Crippen molar-refractivity contribution in [3.63, 3.8) is 0 Å². The lowest BCUT2D eigenvalue weighted by Crippen LogP contribution is -2.76. The number of hydrogen-bond donors (Lipinski definition) is 6. The van der Waals surface area contributed by atoms with Crippen molar-refractivity contribution < 1.29 is 34.4 Å². The van der Waals surface area contributed by atoms with Crippen LogP contribution >= 0.6 is 0 Å². The Balaban J connectivity index is 2.82. The van der Waals surface area contributed by atoms with Crippen molar-refractivity contribution in [3.05, 3.63) is 0 Å². The number of ether oxygens (including phenoxy) is 1. The lowest BCUT2D eigenvalue weighted by Gasteiger charge is -2.53. The fourth-order valence-electron chi connectivity index (χ4n) is 7.31. The molecule has 0 aromatic heterocycles. The number of Topliss-reactive ketones (excluding diaryl/α,β-unsaturated/α-hetero) is 2. The number of rotatable bonds is 33. The number of carbonyl (C=O) groups excluding carboxylic acids is 3. The Bertz CT molecular complexity index is 925. The first-order valence-corrected chi connectivity index (χ1v) is 20.9. The van der Waals surface area contributed by atoms with Crippen molar-refractivity contribution >= 4 is 17.5 Å². The smallest absolute Gasteiger partial charge is 0.225 e. The quantitative estimate of drug-likeness (QED) is 0.0274. The van der Waals surface area contributed by atoms with E-state index in [1.54, 1.807) is 0 Å². The Hall–Kier alpha value is -1.47. The van der Waals surface area contributed by atoms with Gasteiger partial charge in [-0.3, -0.25) is 20.1 Å². The first kappa shape index (κ1) is 47.6. The molecule has 51 heavy (non-hydrogen) atoms. The van der Waals surface area contributed by atoms with Gasteiger partial charge in [0.2, 0.25) is 11.8 Å². The summed E-state index contributed by atoms with van der Waals surface area (Å²) in [6.07, 6.45) is 24.1. The Labute approximate surface area is 310 Å². The summed E-state index contributed by atoms with van der Waals surface area (Å²) in [5, 5.41) is 31.8. The maximum absolute atomic E-state index is 13.9. The number of nitrogens with zero attached hydrogens (tertiary/aromatic N) is 1. The summed E-state index contributed by atoms with van der Waals surface area (Å²) in [5.74, 6) is -6.04. The molecule has 1 saturated heterocycles. The highest BCUT2D eigenvalue weighted by atomic mass is 16.6. The van der Waals surface area contributed by atoms with E-state index in [0.717, 1.165) is 44.9 Å². The van der Waals surface area contributed by atoms with E-state index < -0.39 is 60.8 Å². The molecule has 1 fully saturated rings. The van der Waals surface area contributed by atoms with E-state index in [1.807, 2.05) is 0 Å². The molecule has 11 nitrogen and oxygen atoms in total. The summed E-state index contributed by atoms with van der Waals surface area (Å²) < 4.78 is 5.96. The van der Waals surface area contributed by atoms with Gasteiger partial charge in [0.25, 0.3) is 0 Å². The summed E-state index contributed by atoms with van der Waals surface area (Å²) in [4.78, 5) is 41.1. The van der Waals surface area contributed by atoms with Gasteiger partial charge in [0.05, 0.1) is 19.3 Å². The monoisotopic (exact) mass is 727 g/mol. The first-order valence-electron chi connectivity index (χ1n) is 20.9. The Morgan fingerprint density at radius 2 is 1.06 bits per heavy atom. The van der Waals surface area contributed by atoms with Crippen LogP contribution in [-0.2, 0) is 19.1 Å². The largest absolute Gasteiger partial charge is 0.394 e. The van der Waals surface area contributed by atoms with Gasteiger partial charge in [0.1, 0.15) is 24.2 Å². The minimum Gasteiger partial charge on any atom is -0.394 e. The van der Waals surface area contributed by atoms with Crippen LogP contribution in [-0.4, -0.2) is 87.6 Å². The molecule has 0 aromatic carbocycles. The number of amides is 1. The van der Waals surface area contributed by atoms with Crippen molar-refractivity contribution in [2.75, 3.05) is 19.7 Å². The van der Waals surface area contributed by atoms with Crippen LogP contribution in [0.2, 0.25) is 0 Å². The number of nitrogens with two attached hydrogens (primary N) is 3. The Morgan fingerprint density at radius 3 is 1.45 bits per heavy atom. The maximum atomic E-state index is 13.9. The van der Waals surface area contributed by atoms with Crippen molar-refractivity contribution in [3.8, 4) is 0 Å². The molecule has 1 aliphatic heterocycles. The van der Waals surface area contributed by atoms with Crippen LogP contribution in [0.4, 0.5) is 0 Å². The Kier molecular flexibility index (Phi) is 27.0. The molecular formula is C40H78N4O7. The average molecular weight is 727 g/mol. The third kappa shape index (κ3) is 17.9. The zero-order valence-electron chi connectivity index (χ0n) is 32.5. The standard InChI is InChI=1S/C40H78N4O7/c1-3-5-7-9-11-13-15-16-17-18-19-20-22-24-26-28-34(47)44(29-27-25-23-21-14-12-10-8-6-4-2)40(43)35(38(49)36(42)32(46)30-41)39(50)37(48)33(31-45)51-40/h33,35-37,39,45,48,50H,3-31,41-43H2,1-2H3/t33-,35-,36?,37+,39-,40+/m1/s1. The number of unbranched alkanes of at least 4 members (excludes halogenated alkanes) is 23. The predicted molar refractivity (Wildman–Crippen MR) is 205 cm³/mol. The van der Waals surface area contributed by atoms with Gasteiger partial charge in [-0.2, -0.15) is 0 Å². The van der Waals surface area contributed by atoms with Gasteiger partial charge in [-0.1, -0.05) is 162 Å². The number of aliphatic hydroxyl groups excluding tert-OH is 3. The number of aliphatic hydroxyl groups is 3. The van der Waals surface area contributed by atoms with E-state index in [0.29, 0.717) is 12.8 Å². The van der Waals surface area contributed by atoms with Crippen LogP contribution < -0.4 is 17.2 Å². The maximum Gasteiger partial charge on any atom is 0.225 e. The second-order valence-corrected chi connectivity index (χ2v) is 15.0. The molecule has 0 radical (unpaired) electrons. The fourth-order valence-corrected chi connectivity index (χ4v) is 7.31. The normalized spacial score (nSPS) is 22.6. The molecule has 0 spiro atoms. The second-order valence-electron chi connectivity index (χ2n) is 15.0. The Morgan fingerprint density at radius 1 is 0.667 bits per heavy atom. The predicted octanol–water partition coefficient (Wildman–Crippen LogP) is 5.76. The minimum atomic E-state index is -2.23. The van der Waals surface area contributed by atoms with E-state index >= 15 is 0 Å². The molecule has 9 N–H and O–H groups in total. The summed E-state index contributed by atoms with van der Waals surface area (Å²) in [7, 11) is 0. The van der Waals surface area contributed by atoms with Gasteiger partial charge in [-0.15, -0.1) is 0 Å². The van der Waals surface area contributed by atoms with Crippen molar-refractivity contribution in [1.29, 1.82) is 0 Å². The highest BCUT2D eigenvalue weighted by Gasteiger charge is 2.59. The molecule has 300 valence electrons. The van der Waals surface area contributed by atoms with Crippen LogP contribution in [0.5, 0.6) is 0 Å². The molecule has 0 bridgehead atoms. The molecule has 1 aliphatic rings. The summed E-state index contributed by atoms with van der Waals surface area (Å²) in [5.41, 5.74) is 18.2. The zero-order chi connectivity index (χ0) is 37.9. The van der Waals surface area contributed by atoms with Crippen molar-refractivity contribution in [1.82, 2.24) is 4.90 Å². The average Bonchev–Trinajstić information content (AvgIpc) is 3.12. The van der Waals surface area contributed by atoms with Crippen LogP contribution in [0.15, 0.2) is 0 Å². The SMILES string of the molecule is CCCCCCCCCCCCCCCCCC(=O)N(CCCCCCCCCCCC)[C@]1(N)O[C@H](CO)[C@H](O)[C@H](O)[C@H]1C(=O)C(N)C(=O)CN. The molecular weight excluding hydrogens is 648 g/mol. The van der Waals surface area contributed by atoms with Gasteiger partial charge in [-0.25, -0.2) is 0 Å². The topological polar surface area (TPSA) is 202 Å². The van der Waals surface area contributed by atoms with Gasteiger partial charge < -0.3 is 36.4 Å². The fraction of sp³-hybridized carbons (Fsp3) is 0.925. The molecule has 0 aromatic rings. The van der Waals surface area contributed by atoms with E-state index in [2.05, 4.69) is 13.8 Å². The third-order valence-electron chi connectivity index (χ3n) is 10.7. The minimum absolute atomic E-state index is 0.148. The van der Waals surface area contributed by atoms with E-state index in [1.165, 1.54) is 108 Å². The third-order valence-corrected chi connectivity index (χ3v) is 10.7. The van der Waals surface area contributed by atoms with Gasteiger partial charge in [0.15, 0.2) is 11.6 Å². The molecule has 0 saturated carbocycles. The highest BCUT2D eigenvalue weighted by Crippen LogP contribution is 2.36. The second kappa shape index (κ2) is 29.0. The van der Waals surface area contributed by atoms with E-state index in [9.17, 15) is 29.7 Å². The lowest BCUT2D eigenvalue weighted by atomic mass is 9.79. The number of hydrogen-bond acceptors (Lipinski definition) is 10. The van der Waals surface area contributed by atoms with E-state index in [-0.39, 0.29) is 18.9 Å². The number of carbonyl (C=O) groups is 3. The molecule has 0 aliphatic carbocycles. The lowest BCUT2D eigenvalue weighted by molar-refractivity contribution is -0.291. The van der Waals surface area contributed by atoms with Crippen LogP contribution in [0.3, 0.4) is 0 Å². The van der Waals surface area contributed by atoms with E-state index in [4.69, 9.17) is 21.9 Å². The molecule has 1 unspecified atom stereocenters. The molecule has 1 heterocycles. The zero-order valence-corrected chi connectivity index (χ0v) is 32.5. The molecule has 11 heteroatoms. The molecule has 1 rings (SSSR count). The first-order chi connectivity index (χ1) is 24.6.